The molecule has 0 rings (SSSR count). The standard InChI is InChI=1S/C12H26N2O/c1-5-10(4)8-12(15)14-11(6-7-13)9(2)3/h9-11H,5-8,13H2,1-4H3,(H,14,15). The minimum atomic E-state index is 0.163. The lowest BCUT2D eigenvalue weighted by molar-refractivity contribution is -0.123. The molecule has 0 aliphatic heterocycles. The summed E-state index contributed by atoms with van der Waals surface area (Å²) in [6.45, 7) is 9.07. The summed E-state index contributed by atoms with van der Waals surface area (Å²) in [6.07, 6.45) is 2.55. The third kappa shape index (κ3) is 6.50. The molecule has 2 unspecified atom stereocenters. The Morgan fingerprint density at radius 1 is 1.33 bits per heavy atom. The van der Waals surface area contributed by atoms with E-state index in [1.807, 2.05) is 0 Å². The van der Waals surface area contributed by atoms with Gasteiger partial charge in [0.15, 0.2) is 0 Å². The fourth-order valence-corrected chi connectivity index (χ4v) is 1.48. The van der Waals surface area contributed by atoms with Crippen LogP contribution in [0.3, 0.4) is 0 Å². The van der Waals surface area contributed by atoms with Gasteiger partial charge < -0.3 is 11.1 Å². The molecule has 0 aromatic rings. The third-order valence-electron chi connectivity index (χ3n) is 2.86. The minimum absolute atomic E-state index is 0.163. The van der Waals surface area contributed by atoms with Crippen LogP contribution in [0, 0.1) is 11.8 Å². The van der Waals surface area contributed by atoms with Gasteiger partial charge in [0.25, 0.3) is 0 Å². The topological polar surface area (TPSA) is 55.1 Å². The van der Waals surface area contributed by atoms with E-state index in [1.54, 1.807) is 0 Å². The van der Waals surface area contributed by atoms with Gasteiger partial charge in [-0.25, -0.2) is 0 Å². The van der Waals surface area contributed by atoms with Gasteiger partial charge in [-0.2, -0.15) is 0 Å². The van der Waals surface area contributed by atoms with Crippen molar-refractivity contribution < 1.29 is 4.79 Å². The summed E-state index contributed by atoms with van der Waals surface area (Å²) in [6, 6.07) is 0.228. The lowest BCUT2D eigenvalue weighted by atomic mass is 9.99. The molecule has 3 N–H and O–H groups in total. The lowest BCUT2D eigenvalue weighted by Crippen LogP contribution is -2.40. The maximum absolute atomic E-state index is 11.7. The second-order valence-corrected chi connectivity index (χ2v) is 4.71. The van der Waals surface area contributed by atoms with E-state index in [9.17, 15) is 4.79 Å². The maximum Gasteiger partial charge on any atom is 0.220 e. The zero-order chi connectivity index (χ0) is 11.8. The van der Waals surface area contributed by atoms with Crippen LogP contribution in [-0.2, 0) is 4.79 Å². The molecule has 15 heavy (non-hydrogen) atoms. The van der Waals surface area contributed by atoms with Gasteiger partial charge in [0, 0.05) is 12.5 Å². The number of hydrogen-bond acceptors (Lipinski definition) is 2. The van der Waals surface area contributed by atoms with Crippen LogP contribution < -0.4 is 11.1 Å². The molecule has 2 atom stereocenters. The van der Waals surface area contributed by atoms with Crippen molar-refractivity contribution in [3.8, 4) is 0 Å². The first-order chi connectivity index (χ1) is 7.01. The van der Waals surface area contributed by atoms with Crippen molar-refractivity contribution in [1.82, 2.24) is 5.32 Å². The van der Waals surface area contributed by atoms with E-state index in [0.29, 0.717) is 24.8 Å². The molecule has 0 bridgehead atoms. The van der Waals surface area contributed by atoms with Crippen molar-refractivity contribution in [3.05, 3.63) is 0 Å². The highest BCUT2D eigenvalue weighted by Gasteiger charge is 2.16. The van der Waals surface area contributed by atoms with Gasteiger partial charge in [0.1, 0.15) is 0 Å². The van der Waals surface area contributed by atoms with Crippen LogP contribution in [0.5, 0.6) is 0 Å². The molecule has 0 heterocycles. The fraction of sp³-hybridized carbons (Fsp3) is 0.917. The molecule has 0 aliphatic rings. The Morgan fingerprint density at radius 3 is 2.33 bits per heavy atom. The van der Waals surface area contributed by atoms with Gasteiger partial charge >= 0.3 is 0 Å². The summed E-state index contributed by atoms with van der Waals surface area (Å²) in [7, 11) is 0. The molecule has 0 saturated carbocycles. The summed E-state index contributed by atoms with van der Waals surface area (Å²) in [5.74, 6) is 1.08. The van der Waals surface area contributed by atoms with Gasteiger partial charge in [-0.3, -0.25) is 4.79 Å². The summed E-state index contributed by atoms with van der Waals surface area (Å²) in [4.78, 5) is 11.7. The minimum Gasteiger partial charge on any atom is -0.353 e. The highest BCUT2D eigenvalue weighted by molar-refractivity contribution is 5.76. The monoisotopic (exact) mass is 214 g/mol. The molecular formula is C12H26N2O. The highest BCUT2D eigenvalue weighted by Crippen LogP contribution is 2.09. The Kier molecular flexibility index (Phi) is 7.39. The Balaban J connectivity index is 3.99. The lowest BCUT2D eigenvalue weighted by Gasteiger charge is -2.22. The van der Waals surface area contributed by atoms with Gasteiger partial charge in [0.05, 0.1) is 0 Å². The van der Waals surface area contributed by atoms with Gasteiger partial charge in [-0.05, 0) is 24.8 Å². The molecule has 0 radical (unpaired) electrons. The number of carbonyl (C=O) groups excluding carboxylic acids is 1. The van der Waals surface area contributed by atoms with Crippen LogP contribution in [0.15, 0.2) is 0 Å². The molecule has 0 fully saturated rings. The predicted molar refractivity (Wildman–Crippen MR) is 64.5 cm³/mol. The number of carbonyl (C=O) groups is 1. The molecule has 90 valence electrons. The molecule has 0 aromatic heterocycles. The van der Waals surface area contributed by atoms with Crippen LogP contribution in [0.25, 0.3) is 0 Å². The number of nitrogens with two attached hydrogens (primary N) is 1. The van der Waals surface area contributed by atoms with Crippen molar-refractivity contribution in [2.45, 2.75) is 53.0 Å². The van der Waals surface area contributed by atoms with Gasteiger partial charge in [-0.1, -0.05) is 34.1 Å². The summed E-state index contributed by atoms with van der Waals surface area (Å²) in [5, 5.41) is 3.06. The highest BCUT2D eigenvalue weighted by atomic mass is 16.1. The van der Waals surface area contributed by atoms with Gasteiger partial charge in [0.2, 0.25) is 5.91 Å². The zero-order valence-electron chi connectivity index (χ0n) is 10.5. The zero-order valence-corrected chi connectivity index (χ0v) is 10.5. The molecule has 0 aliphatic carbocycles. The van der Waals surface area contributed by atoms with Crippen LogP contribution in [-0.4, -0.2) is 18.5 Å². The molecule has 1 amide bonds. The molecule has 0 aromatic carbocycles. The van der Waals surface area contributed by atoms with Crippen molar-refractivity contribution in [2.24, 2.45) is 17.6 Å². The Hall–Kier alpha value is -0.570. The van der Waals surface area contributed by atoms with E-state index in [4.69, 9.17) is 5.73 Å². The first-order valence-electron chi connectivity index (χ1n) is 6.00. The van der Waals surface area contributed by atoms with E-state index >= 15 is 0 Å². The number of hydrogen-bond donors (Lipinski definition) is 2. The van der Waals surface area contributed by atoms with Crippen LogP contribution >= 0.6 is 0 Å². The van der Waals surface area contributed by atoms with Crippen molar-refractivity contribution >= 4 is 5.91 Å². The normalized spacial score (nSPS) is 15.1. The summed E-state index contributed by atoms with van der Waals surface area (Å²) in [5.41, 5.74) is 5.52. The smallest absolute Gasteiger partial charge is 0.220 e. The Labute approximate surface area is 93.8 Å². The molecular weight excluding hydrogens is 188 g/mol. The first-order valence-corrected chi connectivity index (χ1v) is 6.00. The SMILES string of the molecule is CCC(C)CC(=O)NC(CCN)C(C)C. The van der Waals surface area contributed by atoms with E-state index in [2.05, 4.69) is 33.0 Å². The van der Waals surface area contributed by atoms with Crippen molar-refractivity contribution in [3.63, 3.8) is 0 Å². The third-order valence-corrected chi connectivity index (χ3v) is 2.86. The quantitative estimate of drug-likeness (QED) is 0.680. The Bertz CT molecular complexity index is 180. The second kappa shape index (κ2) is 7.69. The van der Waals surface area contributed by atoms with E-state index < -0.39 is 0 Å². The average Bonchev–Trinajstić information content (AvgIpc) is 2.16. The number of nitrogens with one attached hydrogen (secondary N) is 1. The number of rotatable bonds is 7. The molecule has 3 nitrogen and oxygen atoms in total. The predicted octanol–water partition coefficient (Wildman–Crippen LogP) is 1.91. The van der Waals surface area contributed by atoms with Crippen molar-refractivity contribution in [2.75, 3.05) is 6.54 Å². The number of amides is 1. The van der Waals surface area contributed by atoms with Gasteiger partial charge in [-0.15, -0.1) is 0 Å². The maximum atomic E-state index is 11.7. The average molecular weight is 214 g/mol. The Morgan fingerprint density at radius 2 is 1.93 bits per heavy atom. The summed E-state index contributed by atoms with van der Waals surface area (Å²) >= 11 is 0. The summed E-state index contributed by atoms with van der Waals surface area (Å²) < 4.78 is 0. The van der Waals surface area contributed by atoms with E-state index in [0.717, 1.165) is 12.8 Å². The largest absolute Gasteiger partial charge is 0.353 e. The molecule has 3 heteroatoms. The van der Waals surface area contributed by atoms with E-state index in [1.165, 1.54) is 0 Å². The van der Waals surface area contributed by atoms with Crippen molar-refractivity contribution in [1.29, 1.82) is 0 Å². The second-order valence-electron chi connectivity index (χ2n) is 4.71. The first kappa shape index (κ1) is 14.4. The van der Waals surface area contributed by atoms with Crippen LogP contribution in [0.1, 0.15) is 47.0 Å². The fourth-order valence-electron chi connectivity index (χ4n) is 1.48. The molecule has 0 saturated heterocycles. The molecule has 0 spiro atoms. The van der Waals surface area contributed by atoms with E-state index in [-0.39, 0.29) is 11.9 Å². The van der Waals surface area contributed by atoms with Crippen LogP contribution in [0.4, 0.5) is 0 Å². The van der Waals surface area contributed by atoms with Crippen LogP contribution in [0.2, 0.25) is 0 Å².